The van der Waals surface area contributed by atoms with Crippen LogP contribution in [0.1, 0.15) is 31.5 Å². The van der Waals surface area contributed by atoms with E-state index in [1.807, 2.05) is 11.8 Å². The van der Waals surface area contributed by atoms with Crippen LogP contribution in [0.3, 0.4) is 0 Å². The molecule has 18 heavy (non-hydrogen) atoms. The Hall–Kier alpha value is -0.810. The highest BCUT2D eigenvalue weighted by Crippen LogP contribution is 2.29. The summed E-state index contributed by atoms with van der Waals surface area (Å²) < 4.78 is 0. The fraction of sp³-hybridized carbons (Fsp3) is 0.538. The highest BCUT2D eigenvalue weighted by Gasteiger charge is 2.10. The van der Waals surface area contributed by atoms with Gasteiger partial charge in [-0.05, 0) is 25.2 Å². The molecule has 2 rings (SSSR count). The summed E-state index contributed by atoms with van der Waals surface area (Å²) in [5.41, 5.74) is 0. The number of hydrogen-bond acceptors (Lipinski definition) is 5. The van der Waals surface area contributed by atoms with E-state index in [9.17, 15) is 0 Å². The van der Waals surface area contributed by atoms with Crippen LogP contribution in [-0.2, 0) is 12.2 Å². The van der Waals surface area contributed by atoms with Crippen molar-refractivity contribution in [2.24, 2.45) is 0 Å². The van der Waals surface area contributed by atoms with E-state index in [0.29, 0.717) is 0 Å². The largest absolute Gasteiger partial charge is 0.370 e. The third-order valence-corrected chi connectivity index (χ3v) is 4.66. The average Bonchev–Trinajstić information content (AvgIpc) is 2.80. The number of anilines is 1. The number of aryl methyl sites for hydroxylation is 1. The van der Waals surface area contributed by atoms with Crippen LogP contribution in [0.4, 0.5) is 5.82 Å². The van der Waals surface area contributed by atoms with Gasteiger partial charge in [0.15, 0.2) is 0 Å². The molecule has 2 aromatic rings. The topological polar surface area (TPSA) is 37.8 Å². The first-order valence-corrected chi connectivity index (χ1v) is 8.36. The van der Waals surface area contributed by atoms with Crippen LogP contribution < -0.4 is 5.32 Å². The Morgan fingerprint density at radius 1 is 1.28 bits per heavy atom. The molecule has 0 amide bonds. The van der Waals surface area contributed by atoms with Crippen LogP contribution in [0.15, 0.2) is 6.07 Å². The van der Waals surface area contributed by atoms with Crippen LogP contribution in [0, 0.1) is 0 Å². The van der Waals surface area contributed by atoms with E-state index < -0.39 is 0 Å². The number of aromatic nitrogens is 2. The minimum Gasteiger partial charge on any atom is -0.370 e. The second-order valence-corrected chi connectivity index (χ2v) is 6.33. The first-order valence-electron chi connectivity index (χ1n) is 6.39. The number of nitrogens with one attached hydrogen (secondary N) is 1. The fourth-order valence-corrected chi connectivity index (χ4v) is 3.25. The standard InChI is InChI=1S/C13H19N3S2/c1-4-9-7-10-12(14-5-2)15-11(8-17-6-3)16-13(10)18-9/h7H,4-6,8H2,1-3H3,(H,14,15,16). The lowest BCUT2D eigenvalue weighted by atomic mass is 10.3. The van der Waals surface area contributed by atoms with Gasteiger partial charge in [0.2, 0.25) is 0 Å². The van der Waals surface area contributed by atoms with Crippen LogP contribution in [0.25, 0.3) is 10.2 Å². The first-order chi connectivity index (χ1) is 8.78. The fourth-order valence-electron chi connectivity index (χ4n) is 1.75. The minimum atomic E-state index is 0.893. The molecule has 0 aromatic carbocycles. The van der Waals surface area contributed by atoms with Crippen LogP contribution in [0.2, 0.25) is 0 Å². The molecule has 98 valence electrons. The third-order valence-electron chi connectivity index (χ3n) is 2.62. The van der Waals surface area contributed by atoms with Crippen LogP contribution in [-0.4, -0.2) is 22.3 Å². The van der Waals surface area contributed by atoms with Gasteiger partial charge in [-0.1, -0.05) is 13.8 Å². The zero-order valence-corrected chi connectivity index (χ0v) is 12.7. The van der Waals surface area contributed by atoms with Gasteiger partial charge in [-0.3, -0.25) is 0 Å². The van der Waals surface area contributed by atoms with Gasteiger partial charge >= 0.3 is 0 Å². The van der Waals surface area contributed by atoms with E-state index in [2.05, 4.69) is 42.1 Å². The smallest absolute Gasteiger partial charge is 0.142 e. The van der Waals surface area contributed by atoms with Crippen molar-refractivity contribution in [2.45, 2.75) is 32.9 Å². The van der Waals surface area contributed by atoms with Gasteiger partial charge in [0.05, 0.1) is 11.1 Å². The molecule has 0 fully saturated rings. The second-order valence-electron chi connectivity index (χ2n) is 3.94. The molecule has 0 atom stereocenters. The van der Waals surface area contributed by atoms with Gasteiger partial charge in [-0.15, -0.1) is 11.3 Å². The van der Waals surface area contributed by atoms with Crippen molar-refractivity contribution >= 4 is 39.1 Å². The van der Waals surface area contributed by atoms with Gasteiger partial charge in [0, 0.05) is 11.4 Å². The van der Waals surface area contributed by atoms with E-state index in [0.717, 1.165) is 40.9 Å². The molecule has 0 bridgehead atoms. The van der Waals surface area contributed by atoms with Gasteiger partial charge in [-0.2, -0.15) is 11.8 Å². The van der Waals surface area contributed by atoms with Gasteiger partial charge in [0.25, 0.3) is 0 Å². The predicted octanol–water partition coefficient (Wildman–Crippen LogP) is 3.94. The van der Waals surface area contributed by atoms with E-state index in [1.165, 1.54) is 10.3 Å². The van der Waals surface area contributed by atoms with Crippen molar-refractivity contribution < 1.29 is 0 Å². The first kappa shape index (κ1) is 13.6. The van der Waals surface area contributed by atoms with E-state index in [-0.39, 0.29) is 0 Å². The Bertz CT molecular complexity index is 522. The van der Waals surface area contributed by atoms with Crippen LogP contribution >= 0.6 is 23.1 Å². The Balaban J connectivity index is 2.43. The maximum absolute atomic E-state index is 4.67. The highest BCUT2D eigenvalue weighted by atomic mass is 32.2. The van der Waals surface area contributed by atoms with E-state index >= 15 is 0 Å². The van der Waals surface area contributed by atoms with Gasteiger partial charge in [-0.25, -0.2) is 9.97 Å². The molecule has 0 aliphatic carbocycles. The number of rotatable bonds is 6. The molecule has 0 radical (unpaired) electrons. The number of hydrogen-bond donors (Lipinski definition) is 1. The number of thioether (sulfide) groups is 1. The van der Waals surface area contributed by atoms with Gasteiger partial charge < -0.3 is 5.32 Å². The summed E-state index contributed by atoms with van der Waals surface area (Å²) in [5, 5.41) is 4.52. The molecular formula is C13H19N3S2. The molecule has 0 saturated carbocycles. The summed E-state index contributed by atoms with van der Waals surface area (Å²) in [4.78, 5) is 11.8. The van der Waals surface area contributed by atoms with Crippen molar-refractivity contribution in [3.8, 4) is 0 Å². The van der Waals surface area contributed by atoms with E-state index in [4.69, 9.17) is 0 Å². The highest BCUT2D eigenvalue weighted by molar-refractivity contribution is 7.98. The Morgan fingerprint density at radius 3 is 2.78 bits per heavy atom. The summed E-state index contributed by atoms with van der Waals surface area (Å²) in [6.45, 7) is 7.33. The molecule has 0 aliphatic heterocycles. The van der Waals surface area contributed by atoms with Crippen molar-refractivity contribution in [1.29, 1.82) is 0 Å². The van der Waals surface area contributed by atoms with E-state index in [1.54, 1.807) is 11.3 Å². The monoisotopic (exact) mass is 281 g/mol. The lowest BCUT2D eigenvalue weighted by molar-refractivity contribution is 1.06. The molecule has 2 heterocycles. The van der Waals surface area contributed by atoms with Crippen molar-refractivity contribution in [2.75, 3.05) is 17.6 Å². The molecule has 2 aromatic heterocycles. The number of thiophene rings is 1. The predicted molar refractivity (Wildman–Crippen MR) is 82.8 cm³/mol. The second kappa shape index (κ2) is 6.38. The zero-order valence-electron chi connectivity index (χ0n) is 11.1. The van der Waals surface area contributed by atoms with Crippen molar-refractivity contribution in [3.05, 3.63) is 16.8 Å². The molecule has 0 aliphatic rings. The quantitative estimate of drug-likeness (QED) is 0.870. The summed E-state index contributed by atoms with van der Waals surface area (Å²) in [6.07, 6.45) is 1.06. The maximum Gasteiger partial charge on any atom is 0.142 e. The Kier molecular flexibility index (Phi) is 4.83. The SMILES string of the molecule is CCNc1nc(CSCC)nc2sc(CC)cc12. The third kappa shape index (κ3) is 2.95. The number of nitrogens with zero attached hydrogens (tertiary/aromatic N) is 2. The summed E-state index contributed by atoms with van der Waals surface area (Å²) in [5.74, 6) is 3.92. The molecule has 5 heteroatoms. The lowest BCUT2D eigenvalue weighted by Gasteiger charge is -2.06. The minimum absolute atomic E-state index is 0.893. The molecule has 0 saturated heterocycles. The average molecular weight is 281 g/mol. The molecule has 0 spiro atoms. The summed E-state index contributed by atoms with van der Waals surface area (Å²) in [7, 11) is 0. The summed E-state index contributed by atoms with van der Waals surface area (Å²) >= 11 is 3.65. The Labute approximate surface area is 116 Å². The normalized spacial score (nSPS) is 11.1. The molecule has 0 unspecified atom stereocenters. The molecule has 1 N–H and O–H groups in total. The maximum atomic E-state index is 4.67. The van der Waals surface area contributed by atoms with Crippen molar-refractivity contribution in [1.82, 2.24) is 9.97 Å². The van der Waals surface area contributed by atoms with Crippen molar-refractivity contribution in [3.63, 3.8) is 0 Å². The lowest BCUT2D eigenvalue weighted by Crippen LogP contribution is -2.03. The summed E-state index contributed by atoms with van der Waals surface area (Å²) in [6, 6.07) is 2.22. The van der Waals surface area contributed by atoms with Gasteiger partial charge in [0.1, 0.15) is 16.5 Å². The molecular weight excluding hydrogens is 262 g/mol. The zero-order chi connectivity index (χ0) is 13.0. The van der Waals surface area contributed by atoms with Crippen LogP contribution in [0.5, 0.6) is 0 Å². The molecule has 3 nitrogen and oxygen atoms in total. The Morgan fingerprint density at radius 2 is 2.11 bits per heavy atom. The number of fused-ring (bicyclic) bond motifs is 1.